The minimum absolute atomic E-state index is 0.000169. The molecule has 0 atom stereocenters. The van der Waals surface area contributed by atoms with Gasteiger partial charge in [0.1, 0.15) is 5.70 Å². The summed E-state index contributed by atoms with van der Waals surface area (Å²) >= 11 is 6.31. The number of nitro benzene ring substituents is 1. The number of nitrogens with zero attached hydrogens (tertiary/aromatic N) is 2. The Morgan fingerprint density at radius 3 is 2.68 bits per heavy atom. The maximum atomic E-state index is 12.5. The van der Waals surface area contributed by atoms with Gasteiger partial charge in [-0.2, -0.15) is 0 Å². The summed E-state index contributed by atoms with van der Waals surface area (Å²) in [5, 5.41) is 22.8. The topological polar surface area (TPSA) is 122 Å². The maximum Gasteiger partial charge on any atom is 0.337 e. The number of ether oxygens (including phenoxy) is 1. The van der Waals surface area contributed by atoms with Gasteiger partial charge in [0, 0.05) is 17.1 Å². The Kier molecular flexibility index (Phi) is 6.14. The van der Waals surface area contributed by atoms with Crippen LogP contribution in [0.5, 0.6) is 0 Å². The predicted octanol–water partition coefficient (Wildman–Crippen LogP) is 1.79. The number of esters is 1. The van der Waals surface area contributed by atoms with Crippen LogP contribution < -0.4 is 5.32 Å². The average Bonchev–Trinajstić information content (AvgIpc) is 2.86. The van der Waals surface area contributed by atoms with Crippen LogP contribution in [0.2, 0.25) is 0 Å². The van der Waals surface area contributed by atoms with Crippen LogP contribution in [0.3, 0.4) is 0 Å². The monoisotopic (exact) mass is 477 g/mol. The third kappa shape index (κ3) is 3.99. The Hall–Kier alpha value is -1.98. The zero-order valence-corrected chi connectivity index (χ0v) is 16.1. The van der Waals surface area contributed by atoms with Crippen molar-refractivity contribution in [2.24, 2.45) is 0 Å². The van der Waals surface area contributed by atoms with Crippen molar-refractivity contribution < 1.29 is 24.4 Å². The maximum absolute atomic E-state index is 12.5. The summed E-state index contributed by atoms with van der Waals surface area (Å²) in [4.78, 5) is 36.1. The largest absolute Gasteiger partial charge is 0.466 e. The van der Waals surface area contributed by atoms with E-state index in [0.717, 1.165) is 0 Å². The van der Waals surface area contributed by atoms with E-state index < -0.39 is 16.8 Å². The Morgan fingerprint density at radius 2 is 2.12 bits per heavy atom. The van der Waals surface area contributed by atoms with E-state index in [1.807, 2.05) is 0 Å². The van der Waals surface area contributed by atoms with E-state index in [0.29, 0.717) is 10.2 Å². The van der Waals surface area contributed by atoms with Crippen LogP contribution >= 0.6 is 31.9 Å². The predicted molar refractivity (Wildman–Crippen MR) is 94.8 cm³/mol. The second-order valence-electron chi connectivity index (χ2n) is 4.96. The molecule has 1 heterocycles. The number of rotatable bonds is 6. The molecule has 0 fully saturated rings. The Balaban J connectivity index is 2.42. The van der Waals surface area contributed by atoms with Crippen LogP contribution in [0.15, 0.2) is 32.3 Å². The van der Waals surface area contributed by atoms with Crippen molar-refractivity contribution in [3.8, 4) is 0 Å². The van der Waals surface area contributed by atoms with Crippen LogP contribution in [0.4, 0.5) is 11.4 Å². The summed E-state index contributed by atoms with van der Waals surface area (Å²) in [6.45, 7) is -0.184. The van der Waals surface area contributed by atoms with Gasteiger partial charge in [-0.05, 0) is 37.9 Å². The molecule has 2 N–H and O–H groups in total. The van der Waals surface area contributed by atoms with Crippen molar-refractivity contribution in [2.75, 3.05) is 32.1 Å². The van der Waals surface area contributed by atoms with E-state index in [4.69, 9.17) is 9.84 Å². The van der Waals surface area contributed by atoms with Crippen LogP contribution in [0, 0.1) is 10.1 Å². The molecule has 0 aromatic heterocycles. The molecule has 0 spiro atoms. The van der Waals surface area contributed by atoms with Crippen LogP contribution in [-0.4, -0.2) is 53.6 Å². The normalized spacial score (nSPS) is 14.1. The number of benzene rings is 1. The van der Waals surface area contributed by atoms with E-state index in [1.54, 1.807) is 0 Å². The number of carbonyl (C=O) groups is 2. The number of hydrogen-bond acceptors (Lipinski definition) is 7. The number of aliphatic hydroxyl groups is 1. The SMILES string of the molecule is COC(=O)C1=C(Nc2cc(Br)c([N+](=O)[O-])cc2Br)C(=O)N(CCO)C1. The van der Waals surface area contributed by atoms with E-state index in [-0.39, 0.29) is 41.1 Å². The number of nitro groups is 1. The first-order valence-electron chi connectivity index (χ1n) is 6.92. The Labute approximate surface area is 159 Å². The number of methoxy groups -OCH3 is 1. The van der Waals surface area contributed by atoms with E-state index in [1.165, 1.54) is 24.1 Å². The van der Waals surface area contributed by atoms with E-state index in [2.05, 4.69) is 37.2 Å². The van der Waals surface area contributed by atoms with Crippen LogP contribution in [0.25, 0.3) is 0 Å². The summed E-state index contributed by atoms with van der Waals surface area (Å²) < 4.78 is 5.24. The molecule has 25 heavy (non-hydrogen) atoms. The Morgan fingerprint density at radius 1 is 1.44 bits per heavy atom. The summed E-state index contributed by atoms with van der Waals surface area (Å²) in [5.41, 5.74) is 0.316. The summed E-state index contributed by atoms with van der Waals surface area (Å²) in [6.07, 6.45) is 0. The smallest absolute Gasteiger partial charge is 0.337 e. The fourth-order valence-electron chi connectivity index (χ4n) is 2.26. The highest BCUT2D eigenvalue weighted by Crippen LogP contribution is 2.36. The number of nitrogens with one attached hydrogen (secondary N) is 1. The molecule has 1 aromatic carbocycles. The quantitative estimate of drug-likeness (QED) is 0.363. The highest BCUT2D eigenvalue weighted by molar-refractivity contribution is 9.11. The molecule has 0 unspecified atom stereocenters. The number of halogens is 2. The van der Waals surface area contributed by atoms with Gasteiger partial charge in [0.2, 0.25) is 0 Å². The number of anilines is 1. The van der Waals surface area contributed by atoms with Crippen LogP contribution in [-0.2, 0) is 14.3 Å². The molecule has 1 aromatic rings. The molecule has 2 rings (SSSR count). The first-order chi connectivity index (χ1) is 11.8. The average molecular weight is 479 g/mol. The third-order valence-corrected chi connectivity index (χ3v) is 4.74. The van der Waals surface area contributed by atoms with Crippen molar-refractivity contribution in [3.05, 3.63) is 42.5 Å². The fourth-order valence-corrected chi connectivity index (χ4v) is 3.17. The molecule has 1 aliphatic heterocycles. The van der Waals surface area contributed by atoms with Gasteiger partial charge in [-0.3, -0.25) is 14.9 Å². The lowest BCUT2D eigenvalue weighted by Gasteiger charge is -2.15. The molecule has 0 saturated carbocycles. The second kappa shape index (κ2) is 7.93. The molecular weight excluding hydrogens is 466 g/mol. The van der Waals surface area contributed by atoms with Gasteiger partial charge in [0.15, 0.2) is 0 Å². The summed E-state index contributed by atoms with van der Waals surface area (Å²) in [7, 11) is 1.20. The first-order valence-corrected chi connectivity index (χ1v) is 8.50. The second-order valence-corrected chi connectivity index (χ2v) is 6.67. The van der Waals surface area contributed by atoms with Gasteiger partial charge < -0.3 is 20.1 Å². The minimum atomic E-state index is -0.673. The van der Waals surface area contributed by atoms with Crippen molar-refractivity contribution >= 4 is 55.1 Å². The van der Waals surface area contributed by atoms with Crippen LogP contribution in [0.1, 0.15) is 0 Å². The molecule has 11 heteroatoms. The number of amides is 1. The highest BCUT2D eigenvalue weighted by Gasteiger charge is 2.34. The van der Waals surface area contributed by atoms with Crippen molar-refractivity contribution in [1.29, 1.82) is 0 Å². The van der Waals surface area contributed by atoms with E-state index in [9.17, 15) is 19.7 Å². The number of hydrogen-bond donors (Lipinski definition) is 2. The van der Waals surface area contributed by atoms with Gasteiger partial charge in [0.25, 0.3) is 11.6 Å². The van der Waals surface area contributed by atoms with Gasteiger partial charge in [0.05, 0.1) is 40.9 Å². The van der Waals surface area contributed by atoms with Crippen molar-refractivity contribution in [3.63, 3.8) is 0 Å². The van der Waals surface area contributed by atoms with Gasteiger partial charge in [-0.15, -0.1) is 0 Å². The highest BCUT2D eigenvalue weighted by atomic mass is 79.9. The van der Waals surface area contributed by atoms with Gasteiger partial charge in [-0.25, -0.2) is 4.79 Å². The molecular formula is C14H13Br2N3O6. The lowest BCUT2D eigenvalue weighted by Crippen LogP contribution is -2.31. The Bertz CT molecular complexity index is 780. The third-order valence-electron chi connectivity index (χ3n) is 3.45. The molecule has 9 nitrogen and oxygen atoms in total. The molecule has 0 bridgehead atoms. The minimum Gasteiger partial charge on any atom is -0.466 e. The first kappa shape index (κ1) is 19.3. The molecule has 0 aliphatic carbocycles. The lowest BCUT2D eigenvalue weighted by atomic mass is 10.2. The van der Waals surface area contributed by atoms with E-state index >= 15 is 0 Å². The molecule has 0 radical (unpaired) electrons. The number of β-amino-alcohol motifs (C(OH)–C–C–N with tert-alkyl or cyclic N) is 1. The molecule has 134 valence electrons. The van der Waals surface area contributed by atoms with Crippen molar-refractivity contribution in [2.45, 2.75) is 0 Å². The summed E-state index contributed by atoms with van der Waals surface area (Å²) in [6, 6.07) is 2.70. The van der Waals surface area contributed by atoms with Crippen molar-refractivity contribution in [1.82, 2.24) is 4.90 Å². The number of aliphatic hydroxyl groups excluding tert-OH is 1. The molecule has 1 amide bonds. The number of carbonyl (C=O) groups excluding carboxylic acids is 2. The standard InChI is InChI=1S/C14H13Br2N3O6/c1-25-14(22)7-6-18(2-3-20)13(21)12(7)17-10-4-9(16)11(19(23)24)5-8(10)15/h4-5,17,20H,2-3,6H2,1H3. The fraction of sp³-hybridized carbons (Fsp3) is 0.286. The molecule has 0 saturated heterocycles. The van der Waals surface area contributed by atoms with Gasteiger partial charge in [-0.1, -0.05) is 0 Å². The van der Waals surface area contributed by atoms with Gasteiger partial charge >= 0.3 is 5.97 Å². The lowest BCUT2D eigenvalue weighted by molar-refractivity contribution is -0.385. The molecule has 1 aliphatic rings. The summed E-state index contributed by atoms with van der Waals surface area (Å²) in [5.74, 6) is -1.15. The zero-order chi connectivity index (χ0) is 18.7. The zero-order valence-electron chi connectivity index (χ0n) is 12.9.